The molecule has 31 heavy (non-hydrogen) atoms. The van der Waals surface area contributed by atoms with Crippen molar-refractivity contribution in [2.45, 2.75) is 45.6 Å². The lowest BCUT2D eigenvalue weighted by molar-refractivity contribution is -0.125. The second-order valence-corrected chi connectivity index (χ2v) is 9.23. The van der Waals surface area contributed by atoms with Crippen molar-refractivity contribution >= 4 is 22.9 Å². The van der Waals surface area contributed by atoms with Gasteiger partial charge in [-0.3, -0.25) is 4.79 Å². The largest absolute Gasteiger partial charge is 0.356 e. The maximum atomic E-state index is 12.7. The molecule has 2 fully saturated rings. The molecule has 168 valence electrons. The van der Waals surface area contributed by atoms with Crippen LogP contribution >= 0.6 is 0 Å². The van der Waals surface area contributed by atoms with Crippen molar-refractivity contribution in [1.29, 1.82) is 0 Å². The van der Waals surface area contributed by atoms with E-state index in [1.165, 1.54) is 25.9 Å². The molecule has 2 aliphatic rings. The zero-order chi connectivity index (χ0) is 21.6. The third-order valence-electron chi connectivity index (χ3n) is 6.92. The molecule has 0 bridgehead atoms. The van der Waals surface area contributed by atoms with Crippen LogP contribution in [0.1, 0.15) is 39.0 Å². The third-order valence-corrected chi connectivity index (χ3v) is 6.92. The topological polar surface area (TPSA) is 53.4 Å². The molecule has 1 aromatic heterocycles. The number of carbonyl (C=O) groups is 1. The minimum absolute atomic E-state index is 0.115. The van der Waals surface area contributed by atoms with Gasteiger partial charge in [0, 0.05) is 32.1 Å². The summed E-state index contributed by atoms with van der Waals surface area (Å²) >= 11 is 0. The first kappa shape index (κ1) is 21.9. The van der Waals surface area contributed by atoms with Gasteiger partial charge in [-0.05, 0) is 69.8 Å². The van der Waals surface area contributed by atoms with Crippen molar-refractivity contribution in [3.63, 3.8) is 0 Å². The summed E-state index contributed by atoms with van der Waals surface area (Å²) in [6, 6.07) is 8.25. The van der Waals surface area contributed by atoms with Gasteiger partial charge in [-0.1, -0.05) is 25.1 Å². The lowest BCUT2D eigenvalue weighted by Crippen LogP contribution is -2.42. The summed E-state index contributed by atoms with van der Waals surface area (Å²) in [5, 5.41) is 3.19. The Morgan fingerprint density at radius 3 is 2.65 bits per heavy atom. The maximum Gasteiger partial charge on any atom is 0.223 e. The van der Waals surface area contributed by atoms with Crippen LogP contribution in [0.5, 0.6) is 0 Å². The molecule has 3 heterocycles. The molecule has 1 N–H and O–H groups in total. The molecule has 0 atom stereocenters. The number of amides is 1. The van der Waals surface area contributed by atoms with Crippen LogP contribution < -0.4 is 10.2 Å². The number of piperidine rings is 2. The highest BCUT2D eigenvalue weighted by atomic mass is 16.1. The summed E-state index contributed by atoms with van der Waals surface area (Å²) in [4.78, 5) is 22.4. The lowest BCUT2D eigenvalue weighted by Gasteiger charge is -2.32. The number of imidazole rings is 1. The van der Waals surface area contributed by atoms with Crippen LogP contribution in [-0.2, 0) is 11.3 Å². The Bertz CT molecular complexity index is 875. The molecule has 1 amide bonds. The number of nitrogens with one attached hydrogen (secondary N) is 1. The Morgan fingerprint density at radius 2 is 1.90 bits per heavy atom. The van der Waals surface area contributed by atoms with Gasteiger partial charge in [0.05, 0.1) is 11.0 Å². The second-order valence-electron chi connectivity index (χ2n) is 9.23. The molecule has 0 unspecified atom stereocenters. The fraction of sp³-hybridized carbons (Fsp3) is 0.600. The summed E-state index contributed by atoms with van der Waals surface area (Å²) in [6.07, 6.45) is 7.35. The summed E-state index contributed by atoms with van der Waals surface area (Å²) in [5.41, 5.74) is 2.16. The number of fused-ring (bicyclic) bond motifs is 1. The molecular weight excluding hydrogens is 386 g/mol. The monoisotopic (exact) mass is 423 g/mol. The number of hydrogen-bond donors (Lipinski definition) is 1. The number of allylic oxidation sites excluding steroid dienone is 1. The van der Waals surface area contributed by atoms with Crippen molar-refractivity contribution in [2.24, 2.45) is 11.8 Å². The van der Waals surface area contributed by atoms with Crippen molar-refractivity contribution in [3.05, 3.63) is 36.9 Å². The number of benzene rings is 1. The van der Waals surface area contributed by atoms with Crippen LogP contribution in [0.15, 0.2) is 36.9 Å². The van der Waals surface area contributed by atoms with E-state index in [-0.39, 0.29) is 11.8 Å². The highest BCUT2D eigenvalue weighted by Gasteiger charge is 2.27. The van der Waals surface area contributed by atoms with Crippen LogP contribution in [0.2, 0.25) is 0 Å². The summed E-state index contributed by atoms with van der Waals surface area (Å²) in [6.45, 7) is 13.0. The van der Waals surface area contributed by atoms with Gasteiger partial charge in [-0.25, -0.2) is 4.98 Å². The van der Waals surface area contributed by atoms with Crippen molar-refractivity contribution in [2.75, 3.05) is 44.2 Å². The fourth-order valence-electron chi connectivity index (χ4n) is 4.90. The summed E-state index contributed by atoms with van der Waals surface area (Å²) in [5.74, 6) is 2.21. The fourth-order valence-corrected chi connectivity index (χ4v) is 4.90. The first-order valence-corrected chi connectivity index (χ1v) is 12.0. The molecule has 0 radical (unpaired) electrons. The van der Waals surface area contributed by atoms with E-state index in [0.29, 0.717) is 0 Å². The SMILES string of the molecule is C=CCn1c(N2CCC(C(=O)NCCCN3CCC(C)CC3)CC2)nc2ccccc21. The van der Waals surface area contributed by atoms with Crippen LogP contribution in [0.25, 0.3) is 11.0 Å². The third kappa shape index (κ3) is 5.29. The quantitative estimate of drug-likeness (QED) is 0.520. The number of hydrogen-bond acceptors (Lipinski definition) is 4. The zero-order valence-corrected chi connectivity index (χ0v) is 18.9. The van der Waals surface area contributed by atoms with Crippen molar-refractivity contribution in [1.82, 2.24) is 19.8 Å². The number of rotatable bonds is 8. The average molecular weight is 424 g/mol. The molecule has 6 nitrogen and oxygen atoms in total. The predicted octanol–water partition coefficient (Wildman–Crippen LogP) is 3.68. The van der Waals surface area contributed by atoms with Crippen molar-refractivity contribution in [3.8, 4) is 0 Å². The molecule has 2 aliphatic heterocycles. The average Bonchev–Trinajstić information content (AvgIpc) is 3.17. The molecule has 1 aromatic carbocycles. The Balaban J connectivity index is 1.24. The first-order chi connectivity index (χ1) is 15.2. The van der Waals surface area contributed by atoms with Gasteiger partial charge in [0.1, 0.15) is 0 Å². The summed E-state index contributed by atoms with van der Waals surface area (Å²) < 4.78 is 2.23. The van der Waals surface area contributed by atoms with E-state index in [9.17, 15) is 4.79 Å². The van der Waals surface area contributed by atoms with E-state index < -0.39 is 0 Å². The molecule has 0 saturated carbocycles. The van der Waals surface area contributed by atoms with E-state index in [1.807, 2.05) is 12.1 Å². The van der Waals surface area contributed by atoms with Crippen LogP contribution in [-0.4, -0.2) is 59.6 Å². The Morgan fingerprint density at radius 1 is 1.16 bits per heavy atom. The van der Waals surface area contributed by atoms with Crippen LogP contribution in [0.3, 0.4) is 0 Å². The minimum atomic E-state index is 0.115. The maximum absolute atomic E-state index is 12.7. The number of nitrogens with zero attached hydrogens (tertiary/aromatic N) is 4. The van der Waals surface area contributed by atoms with E-state index in [4.69, 9.17) is 4.98 Å². The van der Waals surface area contributed by atoms with E-state index >= 15 is 0 Å². The van der Waals surface area contributed by atoms with Crippen LogP contribution in [0, 0.1) is 11.8 Å². The Kier molecular flexibility index (Phi) is 7.28. The van der Waals surface area contributed by atoms with Gasteiger partial charge >= 0.3 is 0 Å². The predicted molar refractivity (Wildman–Crippen MR) is 127 cm³/mol. The molecule has 4 rings (SSSR count). The zero-order valence-electron chi connectivity index (χ0n) is 18.9. The molecule has 2 saturated heterocycles. The van der Waals surface area contributed by atoms with Crippen LogP contribution in [0.4, 0.5) is 5.95 Å². The van der Waals surface area contributed by atoms with Gasteiger partial charge in [0.15, 0.2) is 0 Å². The van der Waals surface area contributed by atoms with E-state index in [0.717, 1.165) is 74.9 Å². The lowest BCUT2D eigenvalue weighted by atomic mass is 9.96. The highest BCUT2D eigenvalue weighted by Crippen LogP contribution is 2.27. The van der Waals surface area contributed by atoms with Crippen molar-refractivity contribution < 1.29 is 4.79 Å². The normalized spacial score (nSPS) is 19.1. The molecule has 2 aromatic rings. The van der Waals surface area contributed by atoms with Gasteiger partial charge in [0.2, 0.25) is 11.9 Å². The van der Waals surface area contributed by atoms with Gasteiger partial charge in [-0.2, -0.15) is 0 Å². The minimum Gasteiger partial charge on any atom is -0.356 e. The molecule has 0 aliphatic carbocycles. The number of likely N-dealkylation sites (tertiary alicyclic amines) is 1. The highest BCUT2D eigenvalue weighted by molar-refractivity contribution is 5.80. The van der Waals surface area contributed by atoms with Gasteiger partial charge in [-0.15, -0.1) is 6.58 Å². The van der Waals surface area contributed by atoms with E-state index in [1.54, 1.807) is 0 Å². The molecule has 0 spiro atoms. The molecular formula is C25H37N5O. The smallest absolute Gasteiger partial charge is 0.223 e. The standard InChI is InChI=1S/C25H37N5O/c1-3-14-30-23-8-5-4-7-22(23)27-25(30)29-18-11-21(12-19-29)24(31)26-13-6-15-28-16-9-20(2)10-17-28/h3-5,7-8,20-21H,1,6,9-19H2,2H3,(H,26,31). The summed E-state index contributed by atoms with van der Waals surface area (Å²) in [7, 11) is 0. The number of para-hydroxylation sites is 2. The first-order valence-electron chi connectivity index (χ1n) is 12.0. The Hall–Kier alpha value is -2.34. The van der Waals surface area contributed by atoms with Gasteiger partial charge in [0.25, 0.3) is 0 Å². The second kappa shape index (κ2) is 10.3. The number of aromatic nitrogens is 2. The molecule has 6 heteroatoms. The Labute approximate surface area is 186 Å². The number of anilines is 1. The number of carbonyl (C=O) groups excluding carboxylic acids is 1. The van der Waals surface area contributed by atoms with Gasteiger partial charge < -0.3 is 19.7 Å². The van der Waals surface area contributed by atoms with E-state index in [2.05, 4.69) is 51.4 Å².